The van der Waals surface area contributed by atoms with E-state index in [9.17, 15) is 39.9 Å². The second kappa shape index (κ2) is 15.7. The number of nitrogens with one attached hydrogen (secondary N) is 1. The highest BCUT2D eigenvalue weighted by molar-refractivity contribution is 5.73. The minimum atomic E-state index is -5.08. The van der Waals surface area contributed by atoms with E-state index in [-0.39, 0.29) is 12.1 Å². The molecule has 3 aromatic rings. The van der Waals surface area contributed by atoms with Gasteiger partial charge >= 0.3 is 30.0 Å². The number of anilines is 1. The summed E-state index contributed by atoms with van der Waals surface area (Å²) in [4.78, 5) is 32.6. The van der Waals surface area contributed by atoms with Gasteiger partial charge in [-0.15, -0.1) is 0 Å². The third kappa shape index (κ3) is 11.0. The quantitative estimate of drug-likeness (QED) is 0.290. The Morgan fingerprint density at radius 1 is 0.800 bits per heavy atom. The number of carboxylic acid groups (broad SMARTS) is 2. The van der Waals surface area contributed by atoms with E-state index in [1.807, 2.05) is 12.1 Å². The standard InChI is InChI=1S/C21H23F2N7O.2C2HF3O2/c22-20(23)17(13-24)14-29-21(31)30(27-26-29)19-7-3-16(4-8-19)15-1-5-18(6-2-15)28-11-9-25-10-12-28;2*3-2(4,5)1(6)7/h1-8,25H,9-14,24H2;2*(H,6,7). The molecule has 0 saturated carbocycles. The van der Waals surface area contributed by atoms with Gasteiger partial charge in [0.05, 0.1) is 12.2 Å². The monoisotopic (exact) mass is 655 g/mol. The molecule has 1 aliphatic rings. The minimum Gasteiger partial charge on any atom is -0.475 e. The lowest BCUT2D eigenvalue weighted by atomic mass is 10.0. The van der Waals surface area contributed by atoms with Gasteiger partial charge in [0.15, 0.2) is 0 Å². The van der Waals surface area contributed by atoms with Crippen LogP contribution in [-0.4, -0.2) is 87.0 Å². The van der Waals surface area contributed by atoms with Crippen LogP contribution in [0, 0.1) is 0 Å². The molecule has 0 amide bonds. The normalized spacial score (nSPS) is 13.1. The molecule has 1 aromatic heterocycles. The summed E-state index contributed by atoms with van der Waals surface area (Å²) in [5, 5.41) is 25.1. The Morgan fingerprint density at radius 3 is 1.60 bits per heavy atom. The summed E-state index contributed by atoms with van der Waals surface area (Å²) in [5.41, 5.74) is 8.07. The number of carbonyl (C=O) groups is 2. The number of aliphatic carboxylic acids is 2. The minimum absolute atomic E-state index is 0.353. The number of benzene rings is 2. The molecule has 1 fully saturated rings. The average molecular weight is 656 g/mol. The molecule has 0 atom stereocenters. The molecule has 246 valence electrons. The van der Waals surface area contributed by atoms with Crippen molar-refractivity contribution in [2.45, 2.75) is 18.9 Å². The molecule has 0 radical (unpaired) electrons. The van der Waals surface area contributed by atoms with Crippen molar-refractivity contribution >= 4 is 17.6 Å². The Labute approximate surface area is 247 Å². The Morgan fingerprint density at radius 2 is 1.22 bits per heavy atom. The van der Waals surface area contributed by atoms with Crippen LogP contribution in [0.25, 0.3) is 16.8 Å². The van der Waals surface area contributed by atoms with Crippen molar-refractivity contribution in [2.75, 3.05) is 37.6 Å². The Bertz CT molecular complexity index is 1480. The van der Waals surface area contributed by atoms with Crippen LogP contribution in [0.5, 0.6) is 0 Å². The predicted molar refractivity (Wildman–Crippen MR) is 142 cm³/mol. The summed E-state index contributed by atoms with van der Waals surface area (Å²) in [6.45, 7) is 3.20. The lowest BCUT2D eigenvalue weighted by molar-refractivity contribution is -0.193. The molecule has 2 aromatic carbocycles. The summed E-state index contributed by atoms with van der Waals surface area (Å²) in [6.07, 6.45) is -12.1. The van der Waals surface area contributed by atoms with Gasteiger partial charge in [0.25, 0.3) is 6.08 Å². The number of halogens is 8. The van der Waals surface area contributed by atoms with Crippen molar-refractivity contribution in [3.05, 3.63) is 70.7 Å². The first-order chi connectivity index (χ1) is 20.9. The molecule has 0 aliphatic carbocycles. The van der Waals surface area contributed by atoms with Gasteiger partial charge in [-0.25, -0.2) is 14.4 Å². The van der Waals surface area contributed by atoms with Crippen LogP contribution < -0.4 is 21.6 Å². The van der Waals surface area contributed by atoms with Crippen LogP contribution in [-0.2, 0) is 16.1 Å². The van der Waals surface area contributed by atoms with Crippen LogP contribution in [0.4, 0.5) is 40.8 Å². The Kier molecular flexibility index (Phi) is 12.7. The number of aromatic nitrogens is 4. The number of nitrogens with zero attached hydrogens (tertiary/aromatic N) is 5. The van der Waals surface area contributed by atoms with E-state index in [1.165, 1.54) is 5.69 Å². The van der Waals surface area contributed by atoms with Crippen molar-refractivity contribution in [3.8, 4) is 16.8 Å². The number of hydrogen-bond donors (Lipinski definition) is 4. The zero-order valence-electron chi connectivity index (χ0n) is 22.8. The van der Waals surface area contributed by atoms with E-state index in [2.05, 4.69) is 44.9 Å². The molecule has 1 aliphatic heterocycles. The SMILES string of the molecule is NCC(Cn1nnn(-c2ccc(-c3ccc(N4CCNCC4)cc3)cc2)c1=O)=C(F)F.O=C(O)C(F)(F)F.O=C(O)C(F)(F)F. The Balaban J connectivity index is 0.000000421. The highest BCUT2D eigenvalue weighted by Gasteiger charge is 2.38. The van der Waals surface area contributed by atoms with E-state index in [0.717, 1.165) is 46.7 Å². The number of alkyl halides is 6. The first-order valence-electron chi connectivity index (χ1n) is 12.5. The molecular weight excluding hydrogens is 630 g/mol. The number of nitrogens with two attached hydrogens (primary N) is 1. The topological polar surface area (TPSA) is 169 Å². The summed E-state index contributed by atoms with van der Waals surface area (Å²) in [5.74, 6) is -5.51. The first-order valence-corrected chi connectivity index (χ1v) is 12.5. The summed E-state index contributed by atoms with van der Waals surface area (Å²) >= 11 is 0. The molecule has 20 heteroatoms. The fraction of sp³-hybridized carbons (Fsp3) is 0.320. The second-order valence-corrected chi connectivity index (χ2v) is 8.84. The zero-order chi connectivity index (χ0) is 33.9. The molecule has 0 bridgehead atoms. The van der Waals surface area contributed by atoms with Gasteiger partial charge in [-0.1, -0.05) is 24.3 Å². The third-order valence-electron chi connectivity index (χ3n) is 5.77. The summed E-state index contributed by atoms with van der Waals surface area (Å²) in [6, 6.07) is 15.6. The van der Waals surface area contributed by atoms with Gasteiger partial charge < -0.3 is 26.2 Å². The van der Waals surface area contributed by atoms with Gasteiger partial charge in [0, 0.05) is 44.0 Å². The van der Waals surface area contributed by atoms with E-state index in [4.69, 9.17) is 25.5 Å². The number of hydrogen-bond acceptors (Lipinski definition) is 8. The predicted octanol–water partition coefficient (Wildman–Crippen LogP) is 2.88. The van der Waals surface area contributed by atoms with E-state index in [1.54, 1.807) is 12.1 Å². The molecular formula is C25H25F8N7O5. The third-order valence-corrected chi connectivity index (χ3v) is 5.77. The summed E-state index contributed by atoms with van der Waals surface area (Å²) < 4.78 is 91.0. The lowest BCUT2D eigenvalue weighted by Crippen LogP contribution is -2.43. The van der Waals surface area contributed by atoms with Crippen LogP contribution in [0.1, 0.15) is 0 Å². The van der Waals surface area contributed by atoms with Gasteiger partial charge in [0.1, 0.15) is 0 Å². The molecule has 0 spiro atoms. The van der Waals surface area contributed by atoms with Crippen molar-refractivity contribution in [1.82, 2.24) is 25.1 Å². The van der Waals surface area contributed by atoms with Crippen molar-refractivity contribution < 1.29 is 54.9 Å². The number of carboxylic acids is 2. The molecule has 4 rings (SSSR count). The van der Waals surface area contributed by atoms with Crippen LogP contribution in [0.3, 0.4) is 0 Å². The largest absolute Gasteiger partial charge is 0.490 e. The van der Waals surface area contributed by atoms with Gasteiger partial charge in [-0.3, -0.25) is 0 Å². The Hall–Kier alpha value is -4.85. The van der Waals surface area contributed by atoms with Crippen molar-refractivity contribution in [2.24, 2.45) is 5.73 Å². The van der Waals surface area contributed by atoms with Gasteiger partial charge in [0.2, 0.25) is 0 Å². The fourth-order valence-electron chi connectivity index (χ4n) is 3.50. The van der Waals surface area contributed by atoms with Crippen molar-refractivity contribution in [1.29, 1.82) is 0 Å². The number of tetrazole rings is 1. The number of rotatable bonds is 6. The maximum absolute atomic E-state index is 12.8. The van der Waals surface area contributed by atoms with Crippen molar-refractivity contribution in [3.63, 3.8) is 0 Å². The zero-order valence-corrected chi connectivity index (χ0v) is 22.8. The maximum atomic E-state index is 12.8. The van der Waals surface area contributed by atoms with E-state index in [0.29, 0.717) is 5.69 Å². The maximum Gasteiger partial charge on any atom is 0.490 e. The first kappa shape index (κ1) is 36.3. The molecule has 12 nitrogen and oxygen atoms in total. The second-order valence-electron chi connectivity index (χ2n) is 8.84. The summed E-state index contributed by atoms with van der Waals surface area (Å²) in [7, 11) is 0. The molecule has 45 heavy (non-hydrogen) atoms. The molecule has 1 saturated heterocycles. The highest BCUT2D eigenvalue weighted by Crippen LogP contribution is 2.24. The van der Waals surface area contributed by atoms with Gasteiger partial charge in [-0.2, -0.15) is 44.5 Å². The molecule has 2 heterocycles. The van der Waals surface area contributed by atoms with Crippen LogP contribution in [0.15, 0.2) is 65.0 Å². The average Bonchev–Trinajstić information content (AvgIpc) is 3.35. The lowest BCUT2D eigenvalue weighted by Gasteiger charge is -2.29. The van der Waals surface area contributed by atoms with Crippen LogP contribution >= 0.6 is 0 Å². The number of piperazine rings is 1. The fourth-order valence-corrected chi connectivity index (χ4v) is 3.50. The van der Waals surface area contributed by atoms with Crippen LogP contribution in [0.2, 0.25) is 0 Å². The van der Waals surface area contributed by atoms with E-state index < -0.39 is 42.6 Å². The smallest absolute Gasteiger partial charge is 0.475 e. The van der Waals surface area contributed by atoms with E-state index >= 15 is 0 Å². The van der Waals surface area contributed by atoms with Gasteiger partial charge in [-0.05, 0) is 45.8 Å². The molecule has 0 unspecified atom stereocenters. The highest BCUT2D eigenvalue weighted by atomic mass is 19.4. The molecule has 5 N–H and O–H groups in total.